The fourth-order valence-corrected chi connectivity index (χ4v) is 4.93. The molecule has 0 aromatic carbocycles. The maximum absolute atomic E-state index is 11.7. The number of carbonyl (C=O) groups is 3. The minimum absolute atomic E-state index is 0.0112. The minimum atomic E-state index is -0.180. The molecule has 2 fully saturated rings. The van der Waals surface area contributed by atoms with Crippen molar-refractivity contribution in [2.24, 2.45) is 11.8 Å². The van der Waals surface area contributed by atoms with E-state index in [-0.39, 0.29) is 23.8 Å². The number of carbonyl (C=O) groups excluding carboxylic acids is 3. The van der Waals surface area contributed by atoms with Crippen LogP contribution in [0.25, 0.3) is 0 Å². The van der Waals surface area contributed by atoms with E-state index in [0.717, 1.165) is 32.1 Å². The molecule has 0 N–H and O–H groups in total. The molecule has 1 aliphatic heterocycles. The lowest BCUT2D eigenvalue weighted by molar-refractivity contribution is -0.144. The molecule has 2 aliphatic rings. The van der Waals surface area contributed by atoms with Crippen molar-refractivity contribution < 1.29 is 23.9 Å². The molecular formula is C28H50O5. The standard InChI is InChI=1S/C15H28O2.C13H22O3/c16-15-13-11-9-7-5-3-1-2-4-6-8-10-12-14-17-15;1-3-4-5-6-11-10(7-8-12(11)14)9-13(15)16-2/h1-14H2;10-11H,3-9H2,1-2H3. The Morgan fingerprint density at radius 3 is 2.00 bits per heavy atom. The largest absolute Gasteiger partial charge is 0.469 e. The van der Waals surface area contributed by atoms with Gasteiger partial charge >= 0.3 is 11.9 Å². The number of esters is 2. The Morgan fingerprint density at radius 2 is 1.42 bits per heavy atom. The normalized spacial score (nSPS) is 23.8. The first kappa shape index (κ1) is 29.6. The van der Waals surface area contributed by atoms with E-state index in [9.17, 15) is 14.4 Å². The van der Waals surface area contributed by atoms with Gasteiger partial charge in [0.15, 0.2) is 0 Å². The summed E-state index contributed by atoms with van der Waals surface area (Å²) >= 11 is 0. The third-order valence-corrected chi connectivity index (χ3v) is 7.06. The number of ether oxygens (including phenoxy) is 2. The molecular weight excluding hydrogens is 416 g/mol. The van der Waals surface area contributed by atoms with Crippen molar-refractivity contribution in [3.05, 3.63) is 0 Å². The molecule has 0 spiro atoms. The van der Waals surface area contributed by atoms with Crippen LogP contribution in [0.3, 0.4) is 0 Å². The van der Waals surface area contributed by atoms with E-state index in [2.05, 4.69) is 11.7 Å². The van der Waals surface area contributed by atoms with Crippen molar-refractivity contribution in [3.63, 3.8) is 0 Å². The number of hydrogen-bond acceptors (Lipinski definition) is 5. The lowest BCUT2D eigenvalue weighted by Crippen LogP contribution is -2.18. The smallest absolute Gasteiger partial charge is 0.305 e. The highest BCUT2D eigenvalue weighted by atomic mass is 16.5. The van der Waals surface area contributed by atoms with E-state index in [1.54, 1.807) is 0 Å². The van der Waals surface area contributed by atoms with Gasteiger partial charge in [-0.25, -0.2) is 0 Å². The van der Waals surface area contributed by atoms with Gasteiger partial charge in [-0.1, -0.05) is 90.4 Å². The number of cyclic esters (lactones) is 1. The Balaban J connectivity index is 0.000000331. The summed E-state index contributed by atoms with van der Waals surface area (Å²) < 4.78 is 9.87. The van der Waals surface area contributed by atoms with Gasteiger partial charge in [0.2, 0.25) is 0 Å². The number of unbranched alkanes of at least 4 members (excludes halogenated alkanes) is 2. The zero-order valence-electron chi connectivity index (χ0n) is 21.5. The average Bonchev–Trinajstić information content (AvgIpc) is 3.15. The van der Waals surface area contributed by atoms with Gasteiger partial charge in [-0.3, -0.25) is 14.4 Å². The predicted molar refractivity (Wildman–Crippen MR) is 133 cm³/mol. The number of Topliss-reactive ketones (excluding diaryl/α,β-unsaturated/α-hetero) is 1. The second-order valence-corrected chi connectivity index (χ2v) is 9.86. The van der Waals surface area contributed by atoms with E-state index < -0.39 is 0 Å². The molecule has 2 atom stereocenters. The van der Waals surface area contributed by atoms with Crippen LogP contribution in [0.1, 0.15) is 135 Å². The van der Waals surface area contributed by atoms with Crippen LogP contribution in [0, 0.1) is 11.8 Å². The second kappa shape index (κ2) is 20.0. The third-order valence-electron chi connectivity index (χ3n) is 7.06. The van der Waals surface area contributed by atoms with Crippen molar-refractivity contribution >= 4 is 17.7 Å². The Kier molecular flexibility index (Phi) is 18.0. The molecule has 2 rings (SSSR count). The molecule has 33 heavy (non-hydrogen) atoms. The Bertz CT molecular complexity index is 512. The van der Waals surface area contributed by atoms with Crippen molar-refractivity contribution in [1.82, 2.24) is 0 Å². The van der Waals surface area contributed by atoms with Crippen molar-refractivity contribution in [3.8, 4) is 0 Å². The molecule has 0 aromatic heterocycles. The van der Waals surface area contributed by atoms with Crippen LogP contribution in [0.2, 0.25) is 0 Å². The third kappa shape index (κ3) is 15.2. The predicted octanol–water partition coefficient (Wildman–Crippen LogP) is 7.34. The summed E-state index contributed by atoms with van der Waals surface area (Å²) in [6.07, 6.45) is 22.3. The van der Waals surface area contributed by atoms with E-state index in [1.165, 1.54) is 84.2 Å². The zero-order valence-corrected chi connectivity index (χ0v) is 21.5. The molecule has 0 radical (unpaired) electrons. The Morgan fingerprint density at radius 1 is 0.848 bits per heavy atom. The van der Waals surface area contributed by atoms with Gasteiger partial charge in [0.05, 0.1) is 13.7 Å². The lowest BCUT2D eigenvalue weighted by Gasteiger charge is -2.16. The molecule has 5 nitrogen and oxygen atoms in total. The number of methoxy groups -OCH3 is 1. The first-order valence-electron chi connectivity index (χ1n) is 13.8. The summed E-state index contributed by atoms with van der Waals surface area (Å²) in [5, 5.41) is 0. The van der Waals surface area contributed by atoms with E-state index in [0.29, 0.717) is 31.7 Å². The van der Waals surface area contributed by atoms with Gasteiger partial charge < -0.3 is 9.47 Å². The van der Waals surface area contributed by atoms with Crippen LogP contribution < -0.4 is 0 Å². The van der Waals surface area contributed by atoms with Crippen LogP contribution in [-0.2, 0) is 23.9 Å². The monoisotopic (exact) mass is 466 g/mol. The second-order valence-electron chi connectivity index (χ2n) is 9.86. The van der Waals surface area contributed by atoms with Crippen LogP contribution >= 0.6 is 0 Å². The minimum Gasteiger partial charge on any atom is -0.469 e. The summed E-state index contributed by atoms with van der Waals surface area (Å²) in [4.78, 5) is 34.3. The molecule has 5 heteroatoms. The summed E-state index contributed by atoms with van der Waals surface area (Å²) in [7, 11) is 1.41. The SMILES string of the molecule is CCCCCC1C(=O)CCC1CC(=O)OC.O=C1CCCCCCCCCCCCCCO1. The van der Waals surface area contributed by atoms with E-state index in [1.807, 2.05) is 0 Å². The summed E-state index contributed by atoms with van der Waals surface area (Å²) in [6, 6.07) is 0. The van der Waals surface area contributed by atoms with Crippen LogP contribution in [-0.4, -0.2) is 31.4 Å². The molecule has 1 aliphatic carbocycles. The van der Waals surface area contributed by atoms with Crippen molar-refractivity contribution in [1.29, 1.82) is 0 Å². The molecule has 1 saturated carbocycles. The van der Waals surface area contributed by atoms with Gasteiger partial charge in [0, 0.05) is 25.2 Å². The highest BCUT2D eigenvalue weighted by molar-refractivity contribution is 5.84. The number of rotatable bonds is 6. The highest BCUT2D eigenvalue weighted by Crippen LogP contribution is 2.35. The van der Waals surface area contributed by atoms with Gasteiger partial charge in [0.25, 0.3) is 0 Å². The molecule has 0 bridgehead atoms. The fourth-order valence-electron chi connectivity index (χ4n) is 4.93. The van der Waals surface area contributed by atoms with Crippen LogP contribution in [0.4, 0.5) is 0 Å². The molecule has 1 heterocycles. The molecule has 1 saturated heterocycles. The van der Waals surface area contributed by atoms with E-state index in [4.69, 9.17) is 4.74 Å². The molecule has 2 unspecified atom stereocenters. The zero-order chi connectivity index (χ0) is 24.2. The number of hydrogen-bond donors (Lipinski definition) is 0. The molecule has 192 valence electrons. The maximum Gasteiger partial charge on any atom is 0.305 e. The summed E-state index contributed by atoms with van der Waals surface area (Å²) in [5.41, 5.74) is 0. The maximum atomic E-state index is 11.7. The van der Waals surface area contributed by atoms with Gasteiger partial charge in [-0.2, -0.15) is 0 Å². The van der Waals surface area contributed by atoms with Crippen molar-refractivity contribution in [2.75, 3.05) is 13.7 Å². The highest BCUT2D eigenvalue weighted by Gasteiger charge is 2.35. The van der Waals surface area contributed by atoms with Gasteiger partial charge in [-0.15, -0.1) is 0 Å². The Labute approximate surface area is 202 Å². The summed E-state index contributed by atoms with van der Waals surface area (Å²) in [5.74, 6) is 0.532. The van der Waals surface area contributed by atoms with Gasteiger partial charge in [0.1, 0.15) is 5.78 Å². The van der Waals surface area contributed by atoms with Gasteiger partial charge in [-0.05, 0) is 31.6 Å². The van der Waals surface area contributed by atoms with Crippen LogP contribution in [0.15, 0.2) is 0 Å². The Hall–Kier alpha value is -1.39. The topological polar surface area (TPSA) is 69.7 Å². The lowest BCUT2D eigenvalue weighted by atomic mass is 9.88. The van der Waals surface area contributed by atoms with Crippen LogP contribution in [0.5, 0.6) is 0 Å². The average molecular weight is 467 g/mol. The molecule has 0 amide bonds. The number of ketones is 1. The van der Waals surface area contributed by atoms with Crippen molar-refractivity contribution in [2.45, 2.75) is 135 Å². The van der Waals surface area contributed by atoms with E-state index >= 15 is 0 Å². The summed E-state index contributed by atoms with van der Waals surface area (Å²) in [6.45, 7) is 2.79. The fraction of sp³-hybridized carbons (Fsp3) is 0.893. The molecule has 0 aromatic rings. The first-order valence-corrected chi connectivity index (χ1v) is 13.8. The quantitative estimate of drug-likeness (QED) is 0.302. The first-order chi connectivity index (χ1) is 16.1.